The number of methoxy groups -OCH3 is 1. The summed E-state index contributed by atoms with van der Waals surface area (Å²) in [5.74, 6) is 0.0431. The normalized spacial score (nSPS) is 12.3. The molecule has 0 saturated heterocycles. The lowest BCUT2D eigenvalue weighted by Crippen LogP contribution is -2.34. The first kappa shape index (κ1) is 13.6. The second kappa shape index (κ2) is 6.28. The van der Waals surface area contributed by atoms with Crippen molar-refractivity contribution in [1.82, 2.24) is 0 Å². The van der Waals surface area contributed by atoms with Crippen LogP contribution < -0.4 is 4.90 Å². The van der Waals surface area contributed by atoms with Gasteiger partial charge in [-0.2, -0.15) is 0 Å². The summed E-state index contributed by atoms with van der Waals surface area (Å²) in [6, 6.07) is 10.0. The van der Waals surface area contributed by atoms with Crippen molar-refractivity contribution >= 4 is 11.7 Å². The average molecular weight is 235 g/mol. The number of hydrogen-bond donors (Lipinski definition) is 0. The van der Waals surface area contributed by atoms with Crippen LogP contribution >= 0.6 is 0 Å². The molecule has 0 amide bonds. The summed E-state index contributed by atoms with van der Waals surface area (Å²) in [6.07, 6.45) is 0. The third-order valence-corrected chi connectivity index (χ3v) is 2.98. The molecule has 17 heavy (non-hydrogen) atoms. The van der Waals surface area contributed by atoms with Crippen molar-refractivity contribution in [1.29, 1.82) is 0 Å². The Morgan fingerprint density at radius 1 is 1.29 bits per heavy atom. The van der Waals surface area contributed by atoms with Gasteiger partial charge in [-0.05, 0) is 18.1 Å². The van der Waals surface area contributed by atoms with Gasteiger partial charge in [-0.15, -0.1) is 0 Å². The van der Waals surface area contributed by atoms with Crippen LogP contribution in [0, 0.1) is 11.8 Å². The Balaban J connectivity index is 2.71. The van der Waals surface area contributed by atoms with Gasteiger partial charge in [0.25, 0.3) is 0 Å². The van der Waals surface area contributed by atoms with Gasteiger partial charge < -0.3 is 9.64 Å². The van der Waals surface area contributed by atoms with Gasteiger partial charge in [0.2, 0.25) is 0 Å². The molecule has 0 bridgehead atoms. The third-order valence-electron chi connectivity index (χ3n) is 2.98. The number of ether oxygens (including phenoxy) is 1. The topological polar surface area (TPSA) is 29.5 Å². The van der Waals surface area contributed by atoms with Crippen molar-refractivity contribution in [2.24, 2.45) is 11.8 Å². The molecule has 94 valence electrons. The standard InChI is InChI=1S/C14H21NO2/c1-11(2)13(14(16)17-4)10-15(3)12-8-6-5-7-9-12/h5-9,11,13H,10H2,1-4H3. The summed E-state index contributed by atoms with van der Waals surface area (Å²) in [5.41, 5.74) is 1.11. The fourth-order valence-corrected chi connectivity index (χ4v) is 1.79. The van der Waals surface area contributed by atoms with E-state index in [4.69, 9.17) is 4.74 Å². The first-order valence-electron chi connectivity index (χ1n) is 5.90. The van der Waals surface area contributed by atoms with Crippen LogP contribution in [-0.2, 0) is 9.53 Å². The van der Waals surface area contributed by atoms with Crippen molar-refractivity contribution in [3.63, 3.8) is 0 Å². The molecular formula is C14H21NO2. The number of benzene rings is 1. The molecule has 3 heteroatoms. The minimum Gasteiger partial charge on any atom is -0.469 e. The van der Waals surface area contributed by atoms with Crippen LogP contribution in [0.1, 0.15) is 13.8 Å². The molecule has 0 heterocycles. The highest BCUT2D eigenvalue weighted by molar-refractivity contribution is 5.73. The number of para-hydroxylation sites is 1. The average Bonchev–Trinajstić information content (AvgIpc) is 2.35. The zero-order chi connectivity index (χ0) is 12.8. The van der Waals surface area contributed by atoms with Crippen LogP contribution in [0.2, 0.25) is 0 Å². The quantitative estimate of drug-likeness (QED) is 0.735. The van der Waals surface area contributed by atoms with Crippen molar-refractivity contribution < 1.29 is 9.53 Å². The maximum atomic E-state index is 11.7. The largest absolute Gasteiger partial charge is 0.469 e. The van der Waals surface area contributed by atoms with Crippen LogP contribution in [0.5, 0.6) is 0 Å². The molecule has 3 nitrogen and oxygen atoms in total. The Hall–Kier alpha value is -1.51. The molecule has 0 radical (unpaired) electrons. The fraction of sp³-hybridized carbons (Fsp3) is 0.500. The van der Waals surface area contributed by atoms with Gasteiger partial charge in [-0.3, -0.25) is 4.79 Å². The predicted octanol–water partition coefficient (Wildman–Crippen LogP) is 2.57. The molecular weight excluding hydrogens is 214 g/mol. The number of rotatable bonds is 5. The van der Waals surface area contributed by atoms with Gasteiger partial charge in [0, 0.05) is 19.3 Å². The van der Waals surface area contributed by atoms with Gasteiger partial charge in [-0.25, -0.2) is 0 Å². The summed E-state index contributed by atoms with van der Waals surface area (Å²) in [5, 5.41) is 0. The maximum absolute atomic E-state index is 11.7. The molecule has 1 unspecified atom stereocenters. The van der Waals surface area contributed by atoms with Crippen molar-refractivity contribution in [2.75, 3.05) is 25.6 Å². The number of anilines is 1. The van der Waals surface area contributed by atoms with Crippen LogP contribution in [-0.4, -0.2) is 26.7 Å². The Bertz CT molecular complexity index is 348. The fourth-order valence-electron chi connectivity index (χ4n) is 1.79. The maximum Gasteiger partial charge on any atom is 0.310 e. The van der Waals surface area contributed by atoms with Crippen LogP contribution in [0.15, 0.2) is 30.3 Å². The lowest BCUT2D eigenvalue weighted by Gasteiger charge is -2.26. The van der Waals surface area contributed by atoms with E-state index in [0.29, 0.717) is 6.54 Å². The molecule has 0 aliphatic heterocycles. The summed E-state index contributed by atoms with van der Waals surface area (Å²) in [7, 11) is 3.44. The van der Waals surface area contributed by atoms with E-state index in [2.05, 4.69) is 4.90 Å². The molecule has 0 aromatic heterocycles. The second-order valence-electron chi connectivity index (χ2n) is 4.59. The van der Waals surface area contributed by atoms with E-state index in [1.165, 1.54) is 7.11 Å². The number of esters is 1. The third kappa shape index (κ3) is 3.77. The monoisotopic (exact) mass is 235 g/mol. The molecule has 1 rings (SSSR count). The molecule has 0 aliphatic rings. The zero-order valence-corrected chi connectivity index (χ0v) is 11.0. The van der Waals surface area contributed by atoms with E-state index in [1.807, 2.05) is 51.2 Å². The van der Waals surface area contributed by atoms with Gasteiger partial charge in [0.05, 0.1) is 13.0 Å². The van der Waals surface area contributed by atoms with Gasteiger partial charge >= 0.3 is 5.97 Å². The molecule has 1 aromatic carbocycles. The van der Waals surface area contributed by atoms with E-state index in [1.54, 1.807) is 0 Å². The highest BCUT2D eigenvalue weighted by atomic mass is 16.5. The van der Waals surface area contributed by atoms with Gasteiger partial charge in [0.1, 0.15) is 0 Å². The second-order valence-corrected chi connectivity index (χ2v) is 4.59. The van der Waals surface area contributed by atoms with Crippen LogP contribution in [0.3, 0.4) is 0 Å². The lowest BCUT2D eigenvalue weighted by molar-refractivity contribution is -0.146. The molecule has 0 spiro atoms. The van der Waals surface area contributed by atoms with E-state index in [0.717, 1.165) is 5.69 Å². The molecule has 0 saturated carbocycles. The first-order valence-corrected chi connectivity index (χ1v) is 5.90. The predicted molar refractivity (Wildman–Crippen MR) is 70.1 cm³/mol. The van der Waals surface area contributed by atoms with Crippen molar-refractivity contribution in [3.05, 3.63) is 30.3 Å². The molecule has 1 atom stereocenters. The van der Waals surface area contributed by atoms with E-state index >= 15 is 0 Å². The zero-order valence-electron chi connectivity index (χ0n) is 11.0. The molecule has 1 aromatic rings. The Kier molecular flexibility index (Phi) is 5.01. The summed E-state index contributed by atoms with van der Waals surface area (Å²) in [6.45, 7) is 4.76. The number of nitrogens with zero attached hydrogens (tertiary/aromatic N) is 1. The van der Waals surface area contributed by atoms with E-state index in [-0.39, 0.29) is 17.8 Å². The van der Waals surface area contributed by atoms with Crippen LogP contribution in [0.25, 0.3) is 0 Å². The highest BCUT2D eigenvalue weighted by Gasteiger charge is 2.24. The number of carbonyl (C=O) groups is 1. The Morgan fingerprint density at radius 2 is 1.88 bits per heavy atom. The van der Waals surface area contributed by atoms with E-state index in [9.17, 15) is 4.79 Å². The lowest BCUT2D eigenvalue weighted by atomic mass is 9.95. The summed E-state index contributed by atoms with van der Waals surface area (Å²) >= 11 is 0. The number of hydrogen-bond acceptors (Lipinski definition) is 3. The minimum atomic E-state index is -0.136. The SMILES string of the molecule is COC(=O)C(CN(C)c1ccccc1)C(C)C. The van der Waals surface area contributed by atoms with Gasteiger partial charge in [0.15, 0.2) is 0 Å². The smallest absolute Gasteiger partial charge is 0.310 e. The van der Waals surface area contributed by atoms with Crippen molar-refractivity contribution in [3.8, 4) is 0 Å². The first-order chi connectivity index (χ1) is 8.06. The molecule has 0 fully saturated rings. The van der Waals surface area contributed by atoms with E-state index < -0.39 is 0 Å². The summed E-state index contributed by atoms with van der Waals surface area (Å²) in [4.78, 5) is 13.8. The van der Waals surface area contributed by atoms with Crippen LogP contribution in [0.4, 0.5) is 5.69 Å². The summed E-state index contributed by atoms with van der Waals surface area (Å²) < 4.78 is 4.84. The number of carbonyl (C=O) groups excluding carboxylic acids is 1. The highest BCUT2D eigenvalue weighted by Crippen LogP contribution is 2.18. The minimum absolute atomic E-state index is 0.0924. The molecule has 0 N–H and O–H groups in total. The molecule has 0 aliphatic carbocycles. The van der Waals surface area contributed by atoms with Gasteiger partial charge in [-0.1, -0.05) is 32.0 Å². The Labute approximate surface area is 103 Å². The Morgan fingerprint density at radius 3 is 2.35 bits per heavy atom. The van der Waals surface area contributed by atoms with Crippen molar-refractivity contribution in [2.45, 2.75) is 13.8 Å².